The van der Waals surface area contributed by atoms with Crippen molar-refractivity contribution in [3.8, 4) is 0 Å². The van der Waals surface area contributed by atoms with Gasteiger partial charge in [-0.05, 0) is 19.4 Å². The van der Waals surface area contributed by atoms with Crippen LogP contribution in [0.5, 0.6) is 0 Å². The molecule has 4 nitrogen and oxygen atoms in total. The van der Waals surface area contributed by atoms with E-state index in [1.807, 2.05) is 0 Å². The summed E-state index contributed by atoms with van der Waals surface area (Å²) in [6, 6.07) is 0. The normalized spacial score (nSPS) is 10.7. The minimum absolute atomic E-state index is 0.174. The molecule has 0 unspecified atom stereocenters. The van der Waals surface area contributed by atoms with Gasteiger partial charge < -0.3 is 15.1 Å². The molecule has 0 aromatic heterocycles. The van der Waals surface area contributed by atoms with E-state index in [0.717, 1.165) is 25.9 Å². The van der Waals surface area contributed by atoms with Gasteiger partial charge in [-0.15, -0.1) is 0 Å². The SMILES string of the molecule is CCCN(CCCO)CCC(=O)O. The molecular formula is C9H19NO3. The lowest BCUT2D eigenvalue weighted by molar-refractivity contribution is -0.137. The quantitative estimate of drug-likeness (QED) is 0.585. The van der Waals surface area contributed by atoms with Gasteiger partial charge in [-0.25, -0.2) is 0 Å². The topological polar surface area (TPSA) is 60.8 Å². The van der Waals surface area contributed by atoms with Crippen molar-refractivity contribution in [1.82, 2.24) is 4.90 Å². The highest BCUT2D eigenvalue weighted by Gasteiger charge is 2.05. The largest absolute Gasteiger partial charge is 0.481 e. The Morgan fingerprint density at radius 2 is 2.00 bits per heavy atom. The second-order valence-electron chi connectivity index (χ2n) is 3.06. The smallest absolute Gasteiger partial charge is 0.304 e. The van der Waals surface area contributed by atoms with Gasteiger partial charge in [-0.1, -0.05) is 6.92 Å². The van der Waals surface area contributed by atoms with Crippen LogP contribution in [0.1, 0.15) is 26.2 Å². The van der Waals surface area contributed by atoms with Gasteiger partial charge in [0.15, 0.2) is 0 Å². The van der Waals surface area contributed by atoms with Crippen LogP contribution >= 0.6 is 0 Å². The summed E-state index contributed by atoms with van der Waals surface area (Å²) in [5, 5.41) is 17.1. The monoisotopic (exact) mass is 189 g/mol. The minimum Gasteiger partial charge on any atom is -0.481 e. The van der Waals surface area contributed by atoms with Crippen LogP contribution in [0, 0.1) is 0 Å². The van der Waals surface area contributed by atoms with Crippen molar-refractivity contribution in [3.63, 3.8) is 0 Å². The second-order valence-corrected chi connectivity index (χ2v) is 3.06. The molecule has 0 aliphatic heterocycles. The Bertz CT molecular complexity index is 139. The zero-order valence-corrected chi connectivity index (χ0v) is 8.20. The fraction of sp³-hybridized carbons (Fsp3) is 0.889. The van der Waals surface area contributed by atoms with Crippen LogP contribution in [-0.2, 0) is 4.79 Å². The third kappa shape index (κ3) is 7.74. The molecule has 78 valence electrons. The van der Waals surface area contributed by atoms with Crippen LogP contribution in [0.2, 0.25) is 0 Å². The molecule has 0 saturated carbocycles. The molecular weight excluding hydrogens is 170 g/mol. The molecule has 2 N–H and O–H groups in total. The molecule has 0 rings (SSSR count). The Morgan fingerprint density at radius 1 is 1.31 bits per heavy atom. The van der Waals surface area contributed by atoms with Gasteiger partial charge in [0.1, 0.15) is 0 Å². The number of carboxylic acid groups (broad SMARTS) is 1. The molecule has 0 saturated heterocycles. The van der Waals surface area contributed by atoms with Crippen molar-refractivity contribution in [3.05, 3.63) is 0 Å². The van der Waals surface area contributed by atoms with E-state index in [1.54, 1.807) is 0 Å². The molecule has 0 aliphatic carbocycles. The number of carbonyl (C=O) groups is 1. The first kappa shape index (κ1) is 12.4. The number of rotatable bonds is 8. The van der Waals surface area contributed by atoms with E-state index in [2.05, 4.69) is 11.8 Å². The Balaban J connectivity index is 3.59. The van der Waals surface area contributed by atoms with Crippen molar-refractivity contribution in [2.45, 2.75) is 26.2 Å². The standard InChI is InChI=1S/C9H19NO3/c1-2-5-10(6-3-8-11)7-4-9(12)13/h11H,2-8H2,1H3,(H,12,13). The van der Waals surface area contributed by atoms with Crippen molar-refractivity contribution in [2.75, 3.05) is 26.2 Å². The van der Waals surface area contributed by atoms with Crippen LogP contribution in [0.25, 0.3) is 0 Å². The van der Waals surface area contributed by atoms with E-state index in [-0.39, 0.29) is 13.0 Å². The highest BCUT2D eigenvalue weighted by molar-refractivity contribution is 5.66. The Hall–Kier alpha value is -0.610. The van der Waals surface area contributed by atoms with E-state index >= 15 is 0 Å². The molecule has 0 bridgehead atoms. The molecule has 0 heterocycles. The minimum atomic E-state index is -0.759. The molecule has 0 atom stereocenters. The highest BCUT2D eigenvalue weighted by atomic mass is 16.4. The van der Waals surface area contributed by atoms with Crippen molar-refractivity contribution in [1.29, 1.82) is 0 Å². The summed E-state index contributed by atoms with van der Waals surface area (Å²) in [6.45, 7) is 4.52. The molecule has 13 heavy (non-hydrogen) atoms. The van der Waals surface area contributed by atoms with E-state index in [1.165, 1.54) is 0 Å². The van der Waals surface area contributed by atoms with Crippen LogP contribution in [0.3, 0.4) is 0 Å². The van der Waals surface area contributed by atoms with Gasteiger partial charge in [0.25, 0.3) is 0 Å². The van der Waals surface area contributed by atoms with Gasteiger partial charge in [-0.3, -0.25) is 4.79 Å². The predicted octanol–water partition coefficient (Wildman–Crippen LogP) is 0.556. The highest BCUT2D eigenvalue weighted by Crippen LogP contribution is 1.96. The number of aliphatic hydroxyl groups excluding tert-OH is 1. The fourth-order valence-electron chi connectivity index (χ4n) is 1.20. The lowest BCUT2D eigenvalue weighted by Gasteiger charge is -2.19. The number of aliphatic hydroxyl groups is 1. The van der Waals surface area contributed by atoms with Gasteiger partial charge >= 0.3 is 5.97 Å². The first-order chi connectivity index (χ1) is 6.20. The number of carboxylic acids is 1. The first-order valence-electron chi connectivity index (χ1n) is 4.75. The Kier molecular flexibility index (Phi) is 7.63. The average Bonchev–Trinajstić information content (AvgIpc) is 2.09. The summed E-state index contributed by atoms with van der Waals surface area (Å²) in [4.78, 5) is 12.4. The van der Waals surface area contributed by atoms with Crippen LogP contribution in [0.4, 0.5) is 0 Å². The van der Waals surface area contributed by atoms with E-state index in [9.17, 15) is 4.79 Å². The molecule has 0 radical (unpaired) electrons. The van der Waals surface area contributed by atoms with Crippen molar-refractivity contribution in [2.24, 2.45) is 0 Å². The van der Waals surface area contributed by atoms with Gasteiger partial charge in [-0.2, -0.15) is 0 Å². The second kappa shape index (κ2) is 8.01. The zero-order valence-electron chi connectivity index (χ0n) is 8.20. The van der Waals surface area contributed by atoms with Crippen molar-refractivity contribution >= 4 is 5.97 Å². The lowest BCUT2D eigenvalue weighted by atomic mass is 10.3. The Labute approximate surface area is 79.2 Å². The summed E-state index contributed by atoms with van der Waals surface area (Å²) in [7, 11) is 0. The molecule has 0 aromatic rings. The first-order valence-corrected chi connectivity index (χ1v) is 4.75. The maximum absolute atomic E-state index is 10.3. The zero-order chi connectivity index (χ0) is 10.1. The number of hydrogen-bond donors (Lipinski definition) is 2. The van der Waals surface area contributed by atoms with E-state index < -0.39 is 5.97 Å². The number of hydrogen-bond acceptors (Lipinski definition) is 3. The summed E-state index contributed by atoms with van der Waals surface area (Å²) < 4.78 is 0. The van der Waals surface area contributed by atoms with E-state index in [0.29, 0.717) is 6.54 Å². The third-order valence-corrected chi connectivity index (χ3v) is 1.81. The van der Waals surface area contributed by atoms with Gasteiger partial charge in [0.2, 0.25) is 0 Å². The summed E-state index contributed by atoms with van der Waals surface area (Å²) in [5.74, 6) is -0.759. The average molecular weight is 189 g/mol. The van der Waals surface area contributed by atoms with Gasteiger partial charge in [0, 0.05) is 19.7 Å². The third-order valence-electron chi connectivity index (χ3n) is 1.81. The lowest BCUT2D eigenvalue weighted by Crippen LogP contribution is -2.28. The Morgan fingerprint density at radius 3 is 2.46 bits per heavy atom. The van der Waals surface area contributed by atoms with E-state index in [4.69, 9.17) is 10.2 Å². The van der Waals surface area contributed by atoms with Crippen LogP contribution in [-0.4, -0.2) is 47.3 Å². The fourth-order valence-corrected chi connectivity index (χ4v) is 1.20. The summed E-state index contributed by atoms with van der Waals surface area (Å²) >= 11 is 0. The van der Waals surface area contributed by atoms with Crippen LogP contribution in [0.15, 0.2) is 0 Å². The maximum Gasteiger partial charge on any atom is 0.304 e. The molecule has 0 amide bonds. The number of aliphatic carboxylic acids is 1. The van der Waals surface area contributed by atoms with Crippen LogP contribution < -0.4 is 0 Å². The molecule has 0 aromatic carbocycles. The molecule has 0 aliphatic rings. The maximum atomic E-state index is 10.3. The number of nitrogens with zero attached hydrogens (tertiary/aromatic N) is 1. The molecule has 0 spiro atoms. The van der Waals surface area contributed by atoms with Gasteiger partial charge in [0.05, 0.1) is 6.42 Å². The summed E-state index contributed by atoms with van der Waals surface area (Å²) in [5.41, 5.74) is 0. The molecule has 0 fully saturated rings. The predicted molar refractivity (Wildman–Crippen MR) is 50.7 cm³/mol. The summed E-state index contributed by atoms with van der Waals surface area (Å²) in [6.07, 6.45) is 1.93. The van der Waals surface area contributed by atoms with Crippen molar-refractivity contribution < 1.29 is 15.0 Å². The molecule has 4 heteroatoms.